The average molecular weight is 397 g/mol. The van der Waals surface area contributed by atoms with Crippen LogP contribution in [0.15, 0.2) is 55.0 Å². The van der Waals surface area contributed by atoms with E-state index >= 15 is 0 Å². The topological polar surface area (TPSA) is 61.9 Å². The molecule has 2 aromatic carbocycles. The Hall–Kier alpha value is -2.81. The Balaban J connectivity index is 1.68. The van der Waals surface area contributed by atoms with Crippen LogP contribution in [0, 0.1) is 11.3 Å². The van der Waals surface area contributed by atoms with Gasteiger partial charge in [0.15, 0.2) is 0 Å². The maximum Gasteiger partial charge on any atom is 0.250 e. The first-order valence-corrected chi connectivity index (χ1v) is 9.06. The maximum atomic E-state index is 13.3. The summed E-state index contributed by atoms with van der Waals surface area (Å²) >= 11 is 12.1. The van der Waals surface area contributed by atoms with Gasteiger partial charge in [0.25, 0.3) is 5.91 Å². The summed E-state index contributed by atoms with van der Waals surface area (Å²) in [4.78, 5) is 19.2. The molecule has 3 aromatic rings. The highest BCUT2D eigenvalue weighted by Crippen LogP contribution is 2.30. The van der Waals surface area contributed by atoms with Crippen LogP contribution in [0.5, 0.6) is 0 Å². The van der Waals surface area contributed by atoms with Crippen molar-refractivity contribution in [3.63, 3.8) is 0 Å². The molecule has 0 saturated carbocycles. The zero-order valence-corrected chi connectivity index (χ0v) is 15.7. The van der Waals surface area contributed by atoms with Crippen LogP contribution in [0.3, 0.4) is 0 Å². The number of amides is 1. The van der Waals surface area contributed by atoms with Crippen molar-refractivity contribution in [3.8, 4) is 6.07 Å². The van der Waals surface area contributed by atoms with E-state index in [-0.39, 0.29) is 5.91 Å². The van der Waals surface area contributed by atoms with E-state index in [9.17, 15) is 4.79 Å². The lowest BCUT2D eigenvalue weighted by atomic mass is 10.0. The molecular weight excluding hydrogens is 383 g/mol. The zero-order chi connectivity index (χ0) is 19.0. The van der Waals surface area contributed by atoms with Crippen LogP contribution in [0.25, 0.3) is 0 Å². The zero-order valence-electron chi connectivity index (χ0n) is 14.1. The van der Waals surface area contributed by atoms with Gasteiger partial charge in [-0.05, 0) is 35.4 Å². The fourth-order valence-electron chi connectivity index (χ4n) is 3.29. The molecule has 0 fully saturated rings. The first-order valence-electron chi connectivity index (χ1n) is 8.30. The van der Waals surface area contributed by atoms with Crippen LogP contribution in [-0.2, 0) is 17.9 Å². The molecule has 4 rings (SSSR count). The number of hydrogen-bond acceptors (Lipinski definition) is 3. The molecule has 5 nitrogen and oxygen atoms in total. The molecule has 2 heterocycles. The monoisotopic (exact) mass is 396 g/mol. The van der Waals surface area contributed by atoms with Crippen molar-refractivity contribution in [2.24, 2.45) is 0 Å². The van der Waals surface area contributed by atoms with Gasteiger partial charge in [-0.2, -0.15) is 5.26 Å². The van der Waals surface area contributed by atoms with Crippen molar-refractivity contribution in [1.29, 1.82) is 5.26 Å². The van der Waals surface area contributed by atoms with Gasteiger partial charge in [0.05, 0.1) is 40.2 Å². The number of nitriles is 1. The molecule has 134 valence electrons. The fraction of sp³-hybridized carbons (Fsp3) is 0.150. The number of benzene rings is 2. The molecule has 1 amide bonds. The van der Waals surface area contributed by atoms with Crippen LogP contribution in [-0.4, -0.2) is 20.4 Å². The van der Waals surface area contributed by atoms with Gasteiger partial charge in [-0.15, -0.1) is 0 Å². The Bertz CT molecular complexity index is 1050. The molecule has 0 radical (unpaired) electrons. The second-order valence-corrected chi connectivity index (χ2v) is 7.19. The van der Waals surface area contributed by atoms with Crippen LogP contribution < -0.4 is 0 Å². The summed E-state index contributed by atoms with van der Waals surface area (Å²) in [6.45, 7) is 0.888. The van der Waals surface area contributed by atoms with Gasteiger partial charge >= 0.3 is 0 Å². The van der Waals surface area contributed by atoms with E-state index in [1.54, 1.807) is 41.7 Å². The van der Waals surface area contributed by atoms with Crippen molar-refractivity contribution >= 4 is 29.1 Å². The van der Waals surface area contributed by atoms with Gasteiger partial charge in [-0.1, -0.05) is 41.4 Å². The minimum absolute atomic E-state index is 0.0312. The summed E-state index contributed by atoms with van der Waals surface area (Å²) in [6, 6.07) is 14.0. The molecule has 1 aliphatic heterocycles. The van der Waals surface area contributed by atoms with E-state index in [0.29, 0.717) is 28.7 Å². The van der Waals surface area contributed by atoms with Gasteiger partial charge in [0, 0.05) is 12.7 Å². The summed E-state index contributed by atoms with van der Waals surface area (Å²) in [5, 5.41) is 9.95. The quantitative estimate of drug-likeness (QED) is 0.666. The molecule has 1 atom stereocenters. The van der Waals surface area contributed by atoms with E-state index in [1.807, 2.05) is 22.8 Å². The molecule has 0 aliphatic carbocycles. The van der Waals surface area contributed by atoms with Crippen LogP contribution >= 0.6 is 23.2 Å². The Labute approximate surface area is 166 Å². The number of carbonyl (C=O) groups is 1. The number of aromatic nitrogens is 2. The van der Waals surface area contributed by atoms with Crippen molar-refractivity contribution in [1.82, 2.24) is 14.5 Å². The molecule has 7 heteroatoms. The number of rotatable bonds is 3. The molecule has 1 unspecified atom stereocenters. The van der Waals surface area contributed by atoms with Crippen LogP contribution in [0.2, 0.25) is 10.0 Å². The van der Waals surface area contributed by atoms with Gasteiger partial charge < -0.3 is 9.47 Å². The highest BCUT2D eigenvalue weighted by Gasteiger charge is 2.34. The molecule has 27 heavy (non-hydrogen) atoms. The molecular formula is C20H14Cl2N4O. The SMILES string of the molecule is N#Cc1ccc(C2C(=O)N(Cc3ccc(Cl)c(Cl)c3)Cc3cncn32)cc1. The lowest BCUT2D eigenvalue weighted by molar-refractivity contribution is -0.136. The van der Waals surface area contributed by atoms with Gasteiger partial charge in [-0.3, -0.25) is 4.79 Å². The summed E-state index contributed by atoms with van der Waals surface area (Å²) in [7, 11) is 0. The van der Waals surface area contributed by atoms with Gasteiger partial charge in [0.2, 0.25) is 0 Å². The molecule has 1 aromatic heterocycles. The van der Waals surface area contributed by atoms with E-state index < -0.39 is 6.04 Å². The molecule has 0 bridgehead atoms. The largest absolute Gasteiger partial charge is 0.330 e. The standard InChI is InChI=1S/C20H14Cl2N4O/c21-17-6-3-14(7-18(17)22)10-25-11-16-9-24-12-26(16)19(20(25)27)15-4-1-13(8-23)2-5-15/h1-7,9,12,19H,10-11H2. The minimum Gasteiger partial charge on any atom is -0.330 e. The Kier molecular flexibility index (Phi) is 4.61. The average Bonchev–Trinajstić information content (AvgIpc) is 3.13. The Morgan fingerprint density at radius 3 is 2.63 bits per heavy atom. The predicted molar refractivity (Wildman–Crippen MR) is 102 cm³/mol. The first kappa shape index (κ1) is 17.6. The van der Waals surface area contributed by atoms with Gasteiger partial charge in [0.1, 0.15) is 6.04 Å². The molecule has 0 N–H and O–H groups in total. The van der Waals surface area contributed by atoms with E-state index in [4.69, 9.17) is 28.5 Å². The lowest BCUT2D eigenvalue weighted by Gasteiger charge is -2.34. The third-order valence-electron chi connectivity index (χ3n) is 4.64. The predicted octanol–water partition coefficient (Wildman–Crippen LogP) is 4.19. The second kappa shape index (κ2) is 7.07. The minimum atomic E-state index is -0.508. The number of fused-ring (bicyclic) bond motifs is 1. The molecule has 0 saturated heterocycles. The smallest absolute Gasteiger partial charge is 0.250 e. The number of carbonyl (C=O) groups excluding carboxylic acids is 1. The van der Waals surface area contributed by atoms with Crippen molar-refractivity contribution in [3.05, 3.63) is 87.4 Å². The third kappa shape index (κ3) is 3.30. The van der Waals surface area contributed by atoms with Crippen molar-refractivity contribution < 1.29 is 4.79 Å². The highest BCUT2D eigenvalue weighted by molar-refractivity contribution is 6.42. The van der Waals surface area contributed by atoms with Crippen LogP contribution in [0.4, 0.5) is 0 Å². The second-order valence-electron chi connectivity index (χ2n) is 6.37. The summed E-state index contributed by atoms with van der Waals surface area (Å²) in [5.74, 6) is -0.0312. The van der Waals surface area contributed by atoms with E-state index in [0.717, 1.165) is 16.8 Å². The van der Waals surface area contributed by atoms with Crippen molar-refractivity contribution in [2.45, 2.75) is 19.1 Å². The summed E-state index contributed by atoms with van der Waals surface area (Å²) in [6.07, 6.45) is 3.44. The van der Waals surface area contributed by atoms with Gasteiger partial charge in [-0.25, -0.2) is 4.98 Å². The number of halogens is 2. The van der Waals surface area contributed by atoms with Crippen molar-refractivity contribution in [2.75, 3.05) is 0 Å². The lowest BCUT2D eigenvalue weighted by Crippen LogP contribution is -2.42. The number of imidazole rings is 1. The number of hydrogen-bond donors (Lipinski definition) is 0. The van der Waals surface area contributed by atoms with E-state index in [1.165, 1.54) is 0 Å². The maximum absolute atomic E-state index is 13.3. The first-order chi connectivity index (χ1) is 13.1. The molecule has 0 spiro atoms. The summed E-state index contributed by atoms with van der Waals surface area (Å²) in [5.41, 5.74) is 3.23. The third-order valence-corrected chi connectivity index (χ3v) is 5.37. The normalized spacial score (nSPS) is 16.1. The molecule has 1 aliphatic rings. The Morgan fingerprint density at radius 1 is 1.15 bits per heavy atom. The highest BCUT2D eigenvalue weighted by atomic mass is 35.5. The van der Waals surface area contributed by atoms with Crippen LogP contribution in [0.1, 0.15) is 28.4 Å². The summed E-state index contributed by atoms with van der Waals surface area (Å²) < 4.78 is 1.88. The fourth-order valence-corrected chi connectivity index (χ4v) is 3.61. The number of nitrogens with zero attached hydrogens (tertiary/aromatic N) is 4. The van der Waals surface area contributed by atoms with E-state index in [2.05, 4.69) is 11.1 Å². The Morgan fingerprint density at radius 2 is 1.93 bits per heavy atom.